The largest absolute Gasteiger partial charge is 0.396 e. The highest BCUT2D eigenvalue weighted by atomic mass is 35.5. The average molecular weight is 164 g/mol. The zero-order valence-electron chi connectivity index (χ0n) is 5.92. The Kier molecular flexibility index (Phi) is 2.55. The number of piperidine rings is 1. The Bertz CT molecular complexity index is 120. The molecule has 60 valence electrons. The molecule has 2 rings (SSSR count). The maximum absolute atomic E-state index is 8.86. The summed E-state index contributed by atoms with van der Waals surface area (Å²) in [6, 6.07) is 0.774. The van der Waals surface area contributed by atoms with Gasteiger partial charge in [-0.2, -0.15) is 0 Å². The summed E-state index contributed by atoms with van der Waals surface area (Å²) in [4.78, 5) is 0. The second-order valence-electron chi connectivity index (χ2n) is 3.19. The zero-order valence-corrected chi connectivity index (χ0v) is 6.73. The fourth-order valence-corrected chi connectivity index (χ4v) is 1.87. The van der Waals surface area contributed by atoms with E-state index in [2.05, 4.69) is 5.32 Å². The Hall–Kier alpha value is 0.210. The third-order valence-electron chi connectivity index (χ3n) is 2.60. The molecule has 0 aromatic carbocycles. The van der Waals surface area contributed by atoms with Gasteiger partial charge in [0.2, 0.25) is 0 Å². The normalized spacial score (nSPS) is 43.5. The van der Waals surface area contributed by atoms with Crippen LogP contribution in [0.25, 0.3) is 0 Å². The molecule has 2 N–H and O–H groups in total. The summed E-state index contributed by atoms with van der Waals surface area (Å²) in [7, 11) is 0. The van der Waals surface area contributed by atoms with Crippen LogP contribution in [0.15, 0.2) is 0 Å². The van der Waals surface area contributed by atoms with Crippen molar-refractivity contribution in [3.8, 4) is 0 Å². The molecule has 2 nitrogen and oxygen atoms in total. The summed E-state index contributed by atoms with van der Waals surface area (Å²) >= 11 is 0. The van der Waals surface area contributed by atoms with E-state index in [9.17, 15) is 0 Å². The van der Waals surface area contributed by atoms with Gasteiger partial charge in [-0.05, 0) is 31.2 Å². The minimum atomic E-state index is 0. The fourth-order valence-electron chi connectivity index (χ4n) is 1.87. The second kappa shape index (κ2) is 3.07. The number of halogens is 1. The minimum absolute atomic E-state index is 0. The summed E-state index contributed by atoms with van der Waals surface area (Å²) in [5.41, 5.74) is 0. The average Bonchev–Trinajstić information content (AvgIpc) is 2.64. The van der Waals surface area contributed by atoms with Gasteiger partial charge in [0.05, 0.1) is 0 Å². The van der Waals surface area contributed by atoms with Gasteiger partial charge < -0.3 is 10.4 Å². The van der Waals surface area contributed by atoms with Crippen LogP contribution in [-0.4, -0.2) is 24.3 Å². The van der Waals surface area contributed by atoms with Gasteiger partial charge in [-0.15, -0.1) is 12.4 Å². The lowest BCUT2D eigenvalue weighted by molar-refractivity contribution is 0.186. The molecule has 0 radical (unpaired) electrons. The van der Waals surface area contributed by atoms with Crippen LogP contribution in [0.2, 0.25) is 0 Å². The molecule has 0 amide bonds. The lowest BCUT2D eigenvalue weighted by Crippen LogP contribution is -2.30. The van der Waals surface area contributed by atoms with Crippen molar-refractivity contribution in [3.63, 3.8) is 0 Å². The van der Waals surface area contributed by atoms with Crippen LogP contribution >= 0.6 is 12.4 Å². The quantitative estimate of drug-likeness (QED) is 0.587. The minimum Gasteiger partial charge on any atom is -0.396 e. The molecule has 0 spiro atoms. The van der Waals surface area contributed by atoms with Crippen LogP contribution in [0.3, 0.4) is 0 Å². The summed E-state index contributed by atoms with van der Waals surface area (Å²) in [5.74, 6) is 1.44. The summed E-state index contributed by atoms with van der Waals surface area (Å²) in [5, 5.41) is 12.3. The predicted molar refractivity (Wildman–Crippen MR) is 42.3 cm³/mol. The zero-order chi connectivity index (χ0) is 6.27. The molecule has 0 aromatic heterocycles. The van der Waals surface area contributed by atoms with E-state index in [0.29, 0.717) is 12.5 Å². The molecule has 3 atom stereocenters. The fraction of sp³-hybridized carbons (Fsp3) is 1.00. The predicted octanol–water partition coefficient (Wildman–Crippen LogP) is 0.398. The molecule has 1 heterocycles. The van der Waals surface area contributed by atoms with Crippen molar-refractivity contribution in [2.45, 2.75) is 18.9 Å². The first kappa shape index (κ1) is 8.31. The third-order valence-corrected chi connectivity index (χ3v) is 2.60. The number of hydrogen-bond donors (Lipinski definition) is 2. The molecule has 2 aliphatic rings. The molecule has 0 aromatic rings. The molecule has 1 aliphatic carbocycles. The number of hydrogen-bond acceptors (Lipinski definition) is 2. The maximum atomic E-state index is 8.86. The second-order valence-corrected chi connectivity index (χ2v) is 3.19. The Labute approximate surface area is 67.4 Å². The van der Waals surface area contributed by atoms with E-state index in [0.717, 1.165) is 18.5 Å². The third kappa shape index (κ3) is 1.29. The molecule has 2 fully saturated rings. The highest BCUT2D eigenvalue weighted by Crippen LogP contribution is 2.41. The van der Waals surface area contributed by atoms with E-state index < -0.39 is 0 Å². The van der Waals surface area contributed by atoms with Crippen LogP contribution in [0.5, 0.6) is 0 Å². The molecule has 1 saturated heterocycles. The number of aliphatic hydroxyl groups is 1. The monoisotopic (exact) mass is 163 g/mol. The van der Waals surface area contributed by atoms with Crippen molar-refractivity contribution >= 4 is 12.4 Å². The van der Waals surface area contributed by atoms with Gasteiger partial charge in [-0.3, -0.25) is 0 Å². The van der Waals surface area contributed by atoms with Gasteiger partial charge in [0.1, 0.15) is 0 Å². The lowest BCUT2D eigenvalue weighted by Gasteiger charge is -2.19. The van der Waals surface area contributed by atoms with Gasteiger partial charge in [0, 0.05) is 12.6 Å². The van der Waals surface area contributed by atoms with Crippen molar-refractivity contribution < 1.29 is 5.11 Å². The molecule has 1 aliphatic heterocycles. The molecular formula is C7H14ClNO. The summed E-state index contributed by atoms with van der Waals surface area (Å²) in [6.45, 7) is 1.52. The van der Waals surface area contributed by atoms with Gasteiger partial charge in [-0.25, -0.2) is 0 Å². The van der Waals surface area contributed by atoms with Gasteiger partial charge in [0.25, 0.3) is 0 Å². The summed E-state index contributed by atoms with van der Waals surface area (Å²) < 4.78 is 0. The van der Waals surface area contributed by atoms with Crippen molar-refractivity contribution in [2.75, 3.05) is 13.2 Å². The van der Waals surface area contributed by atoms with E-state index in [1.54, 1.807) is 0 Å². The SMILES string of the molecule is Cl.OCC1CCNC2CC12. The molecule has 3 heteroatoms. The number of aliphatic hydroxyl groups excluding tert-OH is 1. The van der Waals surface area contributed by atoms with Crippen molar-refractivity contribution in [2.24, 2.45) is 11.8 Å². The van der Waals surface area contributed by atoms with Crippen LogP contribution in [0, 0.1) is 11.8 Å². The van der Waals surface area contributed by atoms with E-state index >= 15 is 0 Å². The highest BCUT2D eigenvalue weighted by Gasteiger charge is 2.44. The molecule has 0 bridgehead atoms. The Morgan fingerprint density at radius 2 is 2.30 bits per heavy atom. The van der Waals surface area contributed by atoms with E-state index in [-0.39, 0.29) is 12.4 Å². The van der Waals surface area contributed by atoms with Gasteiger partial charge in [0.15, 0.2) is 0 Å². The Morgan fingerprint density at radius 3 is 2.90 bits per heavy atom. The Morgan fingerprint density at radius 1 is 1.50 bits per heavy atom. The first-order chi connectivity index (χ1) is 4.42. The first-order valence-electron chi connectivity index (χ1n) is 3.76. The standard InChI is InChI=1S/C7H13NO.ClH/c9-4-5-1-2-8-7-3-6(5)7;/h5-9H,1-4H2;1H. The van der Waals surface area contributed by atoms with Crippen LogP contribution < -0.4 is 5.32 Å². The first-order valence-corrected chi connectivity index (χ1v) is 3.76. The molecule has 3 unspecified atom stereocenters. The smallest absolute Gasteiger partial charge is 0.0462 e. The lowest BCUT2D eigenvalue weighted by atomic mass is 9.98. The van der Waals surface area contributed by atoms with Crippen molar-refractivity contribution in [1.82, 2.24) is 5.32 Å². The maximum Gasteiger partial charge on any atom is 0.0462 e. The van der Waals surface area contributed by atoms with E-state index in [1.165, 1.54) is 12.8 Å². The van der Waals surface area contributed by atoms with E-state index in [1.807, 2.05) is 0 Å². The number of rotatable bonds is 1. The van der Waals surface area contributed by atoms with Gasteiger partial charge >= 0.3 is 0 Å². The topological polar surface area (TPSA) is 32.3 Å². The summed E-state index contributed by atoms with van der Waals surface area (Å²) in [6.07, 6.45) is 2.49. The van der Waals surface area contributed by atoms with Crippen LogP contribution in [0.4, 0.5) is 0 Å². The van der Waals surface area contributed by atoms with Crippen LogP contribution in [-0.2, 0) is 0 Å². The van der Waals surface area contributed by atoms with Crippen molar-refractivity contribution in [3.05, 3.63) is 0 Å². The highest BCUT2D eigenvalue weighted by molar-refractivity contribution is 5.85. The van der Waals surface area contributed by atoms with Gasteiger partial charge in [-0.1, -0.05) is 0 Å². The van der Waals surface area contributed by atoms with Crippen LogP contribution in [0.1, 0.15) is 12.8 Å². The Balaban J connectivity index is 0.000000500. The molecule has 10 heavy (non-hydrogen) atoms. The molecular weight excluding hydrogens is 150 g/mol. The number of fused-ring (bicyclic) bond motifs is 1. The molecule has 1 saturated carbocycles. The van der Waals surface area contributed by atoms with Crippen molar-refractivity contribution in [1.29, 1.82) is 0 Å². The van der Waals surface area contributed by atoms with E-state index in [4.69, 9.17) is 5.11 Å². The number of nitrogens with one attached hydrogen (secondary N) is 1.